The molecule has 14 unspecified atom stereocenters. The van der Waals surface area contributed by atoms with E-state index in [0.29, 0.717) is 24.0 Å². The van der Waals surface area contributed by atoms with Crippen molar-refractivity contribution in [1.29, 1.82) is 0 Å². The third kappa shape index (κ3) is 21.4. The number of hydrogen-bond acceptors (Lipinski definition) is 4. The second-order valence-electron chi connectivity index (χ2n) is 30.4. The lowest BCUT2D eigenvalue weighted by Crippen LogP contribution is -2.46. The van der Waals surface area contributed by atoms with Crippen LogP contribution in [0.15, 0.2) is 0 Å². The molecule has 3 heterocycles. The smallest absolute Gasteiger partial charge is 0.162 e. The fraction of sp³-hybridized carbons (Fsp3) is 1.00. The highest BCUT2D eigenvalue weighted by Crippen LogP contribution is 2.73. The first-order chi connectivity index (χ1) is 42.5. The molecular weight excluding hydrogens is 1060 g/mol. The van der Waals surface area contributed by atoms with Gasteiger partial charge in [0.05, 0.1) is 38.6 Å². The van der Waals surface area contributed by atoms with E-state index in [1.807, 2.05) is 111 Å². The predicted molar refractivity (Wildman–Crippen MR) is 383 cm³/mol. The Labute approximate surface area is 548 Å². The van der Waals surface area contributed by atoms with E-state index < -0.39 is 0 Å². The van der Waals surface area contributed by atoms with Crippen LogP contribution < -0.4 is 0 Å². The maximum atomic E-state index is 5.91. The van der Waals surface area contributed by atoms with Crippen LogP contribution in [0.2, 0.25) is 0 Å². The Kier molecular flexibility index (Phi) is 40.1. The van der Waals surface area contributed by atoms with Gasteiger partial charge < -0.3 is 18.9 Å². The van der Waals surface area contributed by atoms with Gasteiger partial charge in [0.1, 0.15) is 0 Å². The molecule has 0 aromatic carbocycles. The highest BCUT2D eigenvalue weighted by atomic mass is 16.7. The zero-order valence-electron chi connectivity index (χ0n) is 63.7. The largest absolute Gasteiger partial charge is 0.375 e. The van der Waals surface area contributed by atoms with E-state index in [0.717, 1.165) is 69.4 Å². The van der Waals surface area contributed by atoms with Gasteiger partial charge in [-0.25, -0.2) is 0 Å². The van der Waals surface area contributed by atoms with E-state index in [1.54, 1.807) is 180 Å². The molecule has 16 atom stereocenters. The Hall–Kier alpha value is -0.160. The van der Waals surface area contributed by atoms with Crippen LogP contribution in [0.25, 0.3) is 0 Å². The molecule has 17 rings (SSSR count). The summed E-state index contributed by atoms with van der Waals surface area (Å²) in [5.74, 6) is 22.7. The molecule has 14 saturated carbocycles. The lowest BCUT2D eigenvalue weighted by Gasteiger charge is -2.49. The van der Waals surface area contributed by atoms with E-state index in [9.17, 15) is 0 Å². The van der Waals surface area contributed by atoms with Gasteiger partial charge in [0.2, 0.25) is 0 Å². The summed E-state index contributed by atoms with van der Waals surface area (Å²) in [5.41, 5.74) is 0.397. The SMILES string of the molecule is C1C2CC3CC1CC(C2)C3.C1CC2C(C1)C1CC2C2C3CCC(C3)C12.C1CC2CCC1C2.C1CCC2CC3CCCCC3CC2C1.CC.CC.CC.CC.CC.CC.CC.CC.CC1CO[C@@H]2C(C)CO[C@H]12.CCC1(CC)COC(C(C)(C)CC)OC1. The fourth-order valence-electron chi connectivity index (χ4n) is 21.8. The molecule has 17 aliphatic rings. The van der Waals surface area contributed by atoms with Crippen LogP contribution in [0.4, 0.5) is 0 Å². The predicted octanol–water partition coefficient (Wildman–Crippen LogP) is 26.0. The summed E-state index contributed by atoms with van der Waals surface area (Å²) in [4.78, 5) is 0. The average Bonchev–Trinajstić information content (AvgIpc) is 1.54. The number of fused-ring (bicyclic) bond motifs is 17. The molecule has 17 fully saturated rings. The van der Waals surface area contributed by atoms with Gasteiger partial charge in [-0.1, -0.05) is 243 Å². The van der Waals surface area contributed by atoms with Crippen LogP contribution in [0, 0.1) is 129 Å². The Morgan fingerprint density at radius 3 is 0.920 bits per heavy atom. The van der Waals surface area contributed by atoms with E-state index in [2.05, 4.69) is 48.5 Å². The zero-order valence-corrected chi connectivity index (χ0v) is 63.7. The van der Waals surface area contributed by atoms with Crippen molar-refractivity contribution in [2.45, 2.75) is 377 Å². The van der Waals surface area contributed by atoms with Crippen molar-refractivity contribution in [3.63, 3.8) is 0 Å². The molecule has 3 saturated heterocycles. The molecule has 0 spiro atoms. The Morgan fingerprint density at radius 2 is 0.632 bits per heavy atom. The van der Waals surface area contributed by atoms with Crippen molar-refractivity contribution in [3.8, 4) is 0 Å². The third-order valence-corrected chi connectivity index (χ3v) is 26.0. The van der Waals surface area contributed by atoms with Crippen LogP contribution in [0.3, 0.4) is 0 Å². The molecule has 518 valence electrons. The molecule has 87 heavy (non-hydrogen) atoms. The van der Waals surface area contributed by atoms with Gasteiger partial charge in [-0.3, -0.25) is 0 Å². The highest BCUT2D eigenvalue weighted by molar-refractivity contribution is 5.14. The molecule has 3 aliphatic heterocycles. The molecule has 0 radical (unpaired) electrons. The molecule has 0 amide bonds. The standard InChI is InChI=1S/C15H22.C14H24.C13H26O2.C10H16.C8H14O2.C7H12.8C2H6/c1-2-10-11(3-1)13-7-12(10)14-8-4-5-9(6-8)15(13)14;1-2-6-12-10-14-8-4-3-7-13(14)9-11(12)5-1;1-6-12(4,5)11-14-9-13(7-2,8-3)10-15-11;1-7-2-9-4-8(1)5-10(3-7)6-9;1-5-3-9-8-6(2)4-10-7(5)8;1-2-7-4-3-6(1)5-7;8*1-2/h8-15H,1-7H2;11-14H,1-10H2;11H,6-10H2,1-5H3;7-10H,1-6H2;5-8H,3-4H2,1-2H3;6-7H,1-5H2;8*1-2H3/t;;;;5?,6?,7-,8-;;;;;;;;;/m....1........./s1. The third-order valence-electron chi connectivity index (χ3n) is 26.0. The summed E-state index contributed by atoms with van der Waals surface area (Å²) >= 11 is 0. The Morgan fingerprint density at radius 1 is 0.322 bits per heavy atom. The molecule has 4 heteroatoms. The van der Waals surface area contributed by atoms with E-state index in [4.69, 9.17) is 18.9 Å². The average molecular weight is 1220 g/mol. The van der Waals surface area contributed by atoms with Gasteiger partial charge in [0.15, 0.2) is 6.29 Å². The minimum atomic E-state index is -0.0197. The number of hydrogen-bond donors (Lipinski definition) is 0. The van der Waals surface area contributed by atoms with Crippen LogP contribution in [-0.4, -0.2) is 44.9 Å². The van der Waals surface area contributed by atoms with Crippen LogP contribution in [-0.2, 0) is 18.9 Å². The lowest BCUT2D eigenvalue weighted by molar-refractivity contribution is -0.270. The van der Waals surface area contributed by atoms with E-state index in [1.165, 1.54) is 82.9 Å². The second-order valence-corrected chi connectivity index (χ2v) is 30.4. The summed E-state index contributed by atoms with van der Waals surface area (Å²) in [5, 5.41) is 0. The molecule has 14 aliphatic carbocycles. The maximum absolute atomic E-state index is 5.91. The van der Waals surface area contributed by atoms with Gasteiger partial charge in [-0.2, -0.15) is 0 Å². The zero-order chi connectivity index (χ0) is 64.9. The summed E-state index contributed by atoms with van der Waals surface area (Å²) < 4.78 is 23.0. The van der Waals surface area contributed by atoms with Gasteiger partial charge in [0, 0.05) is 22.7 Å². The monoisotopic (exact) mass is 1220 g/mol. The van der Waals surface area contributed by atoms with Crippen LogP contribution in [0.5, 0.6) is 0 Å². The van der Waals surface area contributed by atoms with Crippen molar-refractivity contribution in [1.82, 2.24) is 0 Å². The van der Waals surface area contributed by atoms with Crippen molar-refractivity contribution < 1.29 is 18.9 Å². The first kappa shape index (κ1) is 81.1. The number of ether oxygens (including phenoxy) is 4. The first-order valence-electron chi connectivity index (χ1n) is 41.0. The van der Waals surface area contributed by atoms with E-state index in [-0.39, 0.29) is 17.1 Å². The van der Waals surface area contributed by atoms with E-state index >= 15 is 0 Å². The molecule has 0 aromatic heterocycles. The van der Waals surface area contributed by atoms with Gasteiger partial charge in [-0.15, -0.1) is 0 Å². The summed E-state index contributed by atoms with van der Waals surface area (Å²) in [6, 6.07) is 0. The normalized spacial score (nSPS) is 40.7. The molecule has 10 bridgehead atoms. The molecule has 4 nitrogen and oxygen atoms in total. The summed E-state index contributed by atoms with van der Waals surface area (Å²) in [6.45, 7) is 50.9. The van der Waals surface area contributed by atoms with Crippen LogP contribution in [0.1, 0.15) is 358 Å². The Balaban J connectivity index is 0.000000263. The number of rotatable bonds is 4. The Bertz CT molecular complexity index is 1500. The van der Waals surface area contributed by atoms with Crippen molar-refractivity contribution in [3.05, 3.63) is 0 Å². The summed E-state index contributed by atoms with van der Waals surface area (Å²) in [6.07, 6.45) is 48.7. The molecule has 0 aromatic rings. The first-order valence-corrected chi connectivity index (χ1v) is 41.0. The molecular formula is C83H162O4. The molecule has 0 N–H and O–H groups in total. The van der Waals surface area contributed by atoms with Gasteiger partial charge in [0.25, 0.3) is 0 Å². The topological polar surface area (TPSA) is 36.9 Å². The van der Waals surface area contributed by atoms with Crippen molar-refractivity contribution >= 4 is 0 Å². The van der Waals surface area contributed by atoms with Gasteiger partial charge in [-0.05, 0) is 222 Å². The van der Waals surface area contributed by atoms with Gasteiger partial charge >= 0.3 is 0 Å². The fourth-order valence-corrected chi connectivity index (χ4v) is 21.8. The lowest BCUT2D eigenvalue weighted by atomic mass is 9.56. The second kappa shape index (κ2) is 43.0. The highest BCUT2D eigenvalue weighted by Gasteiger charge is 2.66. The maximum Gasteiger partial charge on any atom is 0.162 e. The quantitative estimate of drug-likeness (QED) is 0.263. The summed E-state index contributed by atoms with van der Waals surface area (Å²) in [7, 11) is 0. The minimum absolute atomic E-state index is 0.0197. The van der Waals surface area contributed by atoms with Crippen molar-refractivity contribution in [2.75, 3.05) is 26.4 Å². The van der Waals surface area contributed by atoms with Crippen LogP contribution >= 0.6 is 0 Å². The van der Waals surface area contributed by atoms with Crippen molar-refractivity contribution in [2.24, 2.45) is 129 Å². The minimum Gasteiger partial charge on any atom is -0.375 e.